The highest BCUT2D eigenvalue weighted by molar-refractivity contribution is 14.0. The summed E-state index contributed by atoms with van der Waals surface area (Å²) < 4.78 is 6.07. The molecule has 1 aromatic rings. The molecular formula is C18H26IN3O. The normalized spacial score (nSPS) is 18.2. The lowest BCUT2D eigenvalue weighted by atomic mass is 9.96. The van der Waals surface area contributed by atoms with Crippen LogP contribution in [0.25, 0.3) is 0 Å². The van der Waals surface area contributed by atoms with Crippen molar-refractivity contribution in [3.63, 3.8) is 0 Å². The number of hydrogen-bond acceptors (Lipinski definition) is 2. The largest absolute Gasteiger partial charge is 0.490 e. The average molecular weight is 427 g/mol. The van der Waals surface area contributed by atoms with Crippen LogP contribution in [-0.4, -0.2) is 25.2 Å². The molecule has 0 radical (unpaired) electrons. The third-order valence-corrected chi connectivity index (χ3v) is 4.34. The standard InChI is InChI=1S/C18H25N3O.HI/c1-19-18(21-15-8-3-4-9-15)20-13-14-7-2-5-12-17(14)22-16-10-6-11-16;/h2-5,7,12,15-16H,6,8-11,13H2,1H3,(H2,19,20,21);1H. The Bertz CT molecular complexity index is 547. The van der Waals surface area contributed by atoms with E-state index in [1.54, 1.807) is 0 Å². The van der Waals surface area contributed by atoms with Crippen LogP contribution in [0.2, 0.25) is 0 Å². The van der Waals surface area contributed by atoms with Gasteiger partial charge < -0.3 is 15.4 Å². The van der Waals surface area contributed by atoms with Gasteiger partial charge in [-0.1, -0.05) is 30.4 Å². The lowest BCUT2D eigenvalue weighted by Gasteiger charge is -2.27. The maximum absolute atomic E-state index is 6.07. The molecule has 0 amide bonds. The van der Waals surface area contributed by atoms with Crippen LogP contribution in [0.3, 0.4) is 0 Å². The molecular weight excluding hydrogens is 401 g/mol. The molecule has 23 heavy (non-hydrogen) atoms. The second-order valence-corrected chi connectivity index (χ2v) is 5.99. The smallest absolute Gasteiger partial charge is 0.191 e. The number of guanidine groups is 1. The van der Waals surface area contributed by atoms with Crippen LogP contribution in [0.15, 0.2) is 41.4 Å². The third-order valence-electron chi connectivity index (χ3n) is 4.34. The second-order valence-electron chi connectivity index (χ2n) is 5.99. The van der Waals surface area contributed by atoms with Gasteiger partial charge in [-0.3, -0.25) is 4.99 Å². The van der Waals surface area contributed by atoms with Gasteiger partial charge in [0.2, 0.25) is 0 Å². The number of nitrogens with zero attached hydrogens (tertiary/aromatic N) is 1. The molecule has 126 valence electrons. The Morgan fingerprint density at radius 1 is 1.22 bits per heavy atom. The number of ether oxygens (including phenoxy) is 1. The predicted molar refractivity (Wildman–Crippen MR) is 106 cm³/mol. The van der Waals surface area contributed by atoms with Gasteiger partial charge in [-0.15, -0.1) is 24.0 Å². The van der Waals surface area contributed by atoms with Crippen LogP contribution in [0.1, 0.15) is 37.7 Å². The predicted octanol–water partition coefficient (Wildman–Crippen LogP) is 3.62. The molecule has 0 spiro atoms. The Morgan fingerprint density at radius 2 is 1.96 bits per heavy atom. The van der Waals surface area contributed by atoms with E-state index < -0.39 is 0 Å². The van der Waals surface area contributed by atoms with Crippen molar-refractivity contribution in [1.82, 2.24) is 10.6 Å². The van der Waals surface area contributed by atoms with E-state index in [9.17, 15) is 0 Å². The zero-order valence-electron chi connectivity index (χ0n) is 13.6. The molecule has 0 saturated heterocycles. The molecule has 2 aliphatic rings. The highest BCUT2D eigenvalue weighted by atomic mass is 127. The molecule has 0 bridgehead atoms. The Balaban J connectivity index is 0.00000192. The highest BCUT2D eigenvalue weighted by Gasteiger charge is 2.20. The van der Waals surface area contributed by atoms with Crippen molar-refractivity contribution in [3.8, 4) is 5.75 Å². The zero-order valence-corrected chi connectivity index (χ0v) is 16.0. The molecule has 1 saturated carbocycles. The summed E-state index contributed by atoms with van der Waals surface area (Å²) in [6.07, 6.45) is 10.6. The highest BCUT2D eigenvalue weighted by Crippen LogP contribution is 2.27. The third kappa shape index (κ3) is 5.12. The molecule has 0 atom stereocenters. The van der Waals surface area contributed by atoms with E-state index in [1.807, 2.05) is 13.1 Å². The lowest BCUT2D eigenvalue weighted by molar-refractivity contribution is 0.119. The number of halogens is 1. The topological polar surface area (TPSA) is 45.7 Å². The number of nitrogens with one attached hydrogen (secondary N) is 2. The van der Waals surface area contributed by atoms with Gasteiger partial charge in [-0.25, -0.2) is 0 Å². The molecule has 2 N–H and O–H groups in total. The second kappa shape index (κ2) is 9.15. The first-order chi connectivity index (χ1) is 10.8. The summed E-state index contributed by atoms with van der Waals surface area (Å²) in [6.45, 7) is 0.725. The molecule has 0 unspecified atom stereocenters. The van der Waals surface area contributed by atoms with E-state index in [2.05, 4.69) is 46.0 Å². The quantitative estimate of drug-likeness (QED) is 0.327. The first-order valence-electron chi connectivity index (χ1n) is 8.22. The molecule has 0 aliphatic heterocycles. The van der Waals surface area contributed by atoms with Gasteiger partial charge in [0.15, 0.2) is 5.96 Å². The van der Waals surface area contributed by atoms with Crippen LogP contribution < -0.4 is 15.4 Å². The molecule has 0 heterocycles. The van der Waals surface area contributed by atoms with Gasteiger partial charge in [0, 0.05) is 25.2 Å². The van der Waals surface area contributed by atoms with E-state index in [4.69, 9.17) is 4.74 Å². The molecule has 5 heteroatoms. The summed E-state index contributed by atoms with van der Waals surface area (Å²) in [5.74, 6) is 1.85. The van der Waals surface area contributed by atoms with Gasteiger partial charge in [0.05, 0.1) is 6.10 Å². The first kappa shape index (κ1) is 18.1. The van der Waals surface area contributed by atoms with Crippen molar-refractivity contribution >= 4 is 29.9 Å². The van der Waals surface area contributed by atoms with Crippen molar-refractivity contribution in [3.05, 3.63) is 42.0 Å². The van der Waals surface area contributed by atoms with Gasteiger partial charge in [0.25, 0.3) is 0 Å². The number of benzene rings is 1. The van der Waals surface area contributed by atoms with Crippen LogP contribution in [0.5, 0.6) is 5.75 Å². The van der Waals surface area contributed by atoms with E-state index in [-0.39, 0.29) is 24.0 Å². The summed E-state index contributed by atoms with van der Waals surface area (Å²) >= 11 is 0. The minimum Gasteiger partial charge on any atom is -0.490 e. The monoisotopic (exact) mass is 427 g/mol. The molecule has 0 aromatic heterocycles. The maximum atomic E-state index is 6.07. The molecule has 3 rings (SSSR count). The molecule has 1 aromatic carbocycles. The number of aliphatic imine (C=N–C) groups is 1. The molecule has 1 fully saturated rings. The van der Waals surface area contributed by atoms with E-state index in [0.717, 1.165) is 31.1 Å². The maximum Gasteiger partial charge on any atom is 0.191 e. The van der Waals surface area contributed by atoms with Crippen LogP contribution in [0.4, 0.5) is 0 Å². The lowest BCUT2D eigenvalue weighted by Crippen LogP contribution is -2.42. The van der Waals surface area contributed by atoms with Gasteiger partial charge in [0.1, 0.15) is 5.75 Å². The van der Waals surface area contributed by atoms with Crippen molar-refractivity contribution in [1.29, 1.82) is 0 Å². The van der Waals surface area contributed by atoms with Gasteiger partial charge >= 0.3 is 0 Å². The van der Waals surface area contributed by atoms with Crippen molar-refractivity contribution in [2.24, 2.45) is 4.99 Å². The fourth-order valence-electron chi connectivity index (χ4n) is 2.74. The minimum absolute atomic E-state index is 0. The van der Waals surface area contributed by atoms with Crippen molar-refractivity contribution in [2.45, 2.75) is 50.8 Å². The fourth-order valence-corrected chi connectivity index (χ4v) is 2.74. The summed E-state index contributed by atoms with van der Waals surface area (Å²) in [4.78, 5) is 4.31. The Labute approximate surface area is 155 Å². The summed E-state index contributed by atoms with van der Waals surface area (Å²) in [5, 5.41) is 6.85. The van der Waals surface area contributed by atoms with E-state index in [1.165, 1.54) is 24.8 Å². The van der Waals surface area contributed by atoms with Crippen LogP contribution >= 0.6 is 24.0 Å². The van der Waals surface area contributed by atoms with Gasteiger partial charge in [-0.2, -0.15) is 0 Å². The van der Waals surface area contributed by atoms with Crippen LogP contribution in [0, 0.1) is 0 Å². The number of rotatable bonds is 5. The van der Waals surface area contributed by atoms with Gasteiger partial charge in [-0.05, 0) is 38.2 Å². The Hall–Kier alpha value is -1.24. The number of hydrogen-bond donors (Lipinski definition) is 2. The van der Waals surface area contributed by atoms with E-state index in [0.29, 0.717) is 12.1 Å². The van der Waals surface area contributed by atoms with Crippen molar-refractivity contribution in [2.75, 3.05) is 7.05 Å². The fraction of sp³-hybridized carbons (Fsp3) is 0.500. The van der Waals surface area contributed by atoms with Crippen LogP contribution in [-0.2, 0) is 6.54 Å². The Morgan fingerprint density at radius 3 is 2.61 bits per heavy atom. The summed E-state index contributed by atoms with van der Waals surface area (Å²) in [5.41, 5.74) is 1.18. The summed E-state index contributed by atoms with van der Waals surface area (Å²) in [6, 6.07) is 8.74. The minimum atomic E-state index is 0. The average Bonchev–Trinajstić information content (AvgIpc) is 3.01. The SMILES string of the molecule is CN=C(NCc1ccccc1OC1CCC1)NC1CC=CC1.I. The zero-order chi connectivity index (χ0) is 15.2. The molecule has 2 aliphatic carbocycles. The first-order valence-corrected chi connectivity index (χ1v) is 8.22. The van der Waals surface area contributed by atoms with Crippen molar-refractivity contribution < 1.29 is 4.74 Å². The van der Waals surface area contributed by atoms with E-state index >= 15 is 0 Å². The molecule has 4 nitrogen and oxygen atoms in total. The summed E-state index contributed by atoms with van der Waals surface area (Å²) in [7, 11) is 1.81. The Kier molecular flexibility index (Phi) is 7.20. The number of para-hydroxylation sites is 1.